The zero-order chi connectivity index (χ0) is 8.10. The lowest BCUT2D eigenvalue weighted by molar-refractivity contribution is 0.268. The minimum absolute atomic E-state index is 0.0153. The summed E-state index contributed by atoms with van der Waals surface area (Å²) in [5.41, 5.74) is 0.777. The molecule has 5 heteroatoms. The summed E-state index contributed by atoms with van der Waals surface area (Å²) in [6.07, 6.45) is 3.62. The summed E-state index contributed by atoms with van der Waals surface area (Å²) in [7, 11) is 0. The zero-order valence-electron chi connectivity index (χ0n) is 6.40. The minimum Gasteiger partial charge on any atom is -0.390 e. The van der Waals surface area contributed by atoms with Gasteiger partial charge in [0, 0.05) is 5.75 Å². The highest BCUT2D eigenvalue weighted by Gasteiger charge is 1.99. The molecule has 0 fully saturated rings. The summed E-state index contributed by atoms with van der Waals surface area (Å²) in [6.45, 7) is 0.832. The van der Waals surface area contributed by atoms with E-state index in [1.54, 1.807) is 22.6 Å². The second-order valence-electron chi connectivity index (χ2n) is 2.10. The predicted octanol–water partition coefficient (Wildman–Crippen LogP) is 0.133. The van der Waals surface area contributed by atoms with Crippen LogP contribution in [-0.2, 0) is 13.2 Å². The van der Waals surface area contributed by atoms with Crippen molar-refractivity contribution in [1.29, 1.82) is 0 Å². The topological polar surface area (TPSA) is 50.9 Å². The Morgan fingerprint density at radius 3 is 3.18 bits per heavy atom. The number of nitrogens with zero attached hydrogens (tertiary/aromatic N) is 3. The molecule has 1 aromatic rings. The summed E-state index contributed by atoms with van der Waals surface area (Å²) >= 11 is 1.75. The van der Waals surface area contributed by atoms with Gasteiger partial charge in [0.15, 0.2) is 0 Å². The van der Waals surface area contributed by atoms with Gasteiger partial charge in [-0.2, -0.15) is 11.8 Å². The molecule has 0 saturated carbocycles. The van der Waals surface area contributed by atoms with Crippen molar-refractivity contribution in [3.8, 4) is 0 Å². The molecule has 0 aliphatic carbocycles. The molecule has 1 rings (SSSR count). The number of hydrogen-bond acceptors (Lipinski definition) is 4. The molecule has 1 heterocycles. The number of aliphatic hydroxyl groups excluding tert-OH is 1. The van der Waals surface area contributed by atoms with Gasteiger partial charge in [-0.05, 0) is 6.26 Å². The van der Waals surface area contributed by atoms with Crippen LogP contribution in [-0.4, -0.2) is 32.1 Å². The number of rotatable bonds is 4. The highest BCUT2D eigenvalue weighted by atomic mass is 32.2. The Bertz CT molecular complexity index is 213. The number of aromatic nitrogens is 3. The summed E-state index contributed by atoms with van der Waals surface area (Å²) in [5.74, 6) is 0.996. The molecule has 4 nitrogen and oxygen atoms in total. The molecule has 0 saturated heterocycles. The van der Waals surface area contributed by atoms with E-state index in [0.29, 0.717) is 0 Å². The predicted molar refractivity (Wildman–Crippen MR) is 44.3 cm³/mol. The molecule has 1 N–H and O–H groups in total. The fraction of sp³-hybridized carbons (Fsp3) is 0.667. The van der Waals surface area contributed by atoms with E-state index in [1.807, 2.05) is 6.26 Å². The maximum atomic E-state index is 8.80. The lowest BCUT2D eigenvalue weighted by atomic mass is 10.5. The van der Waals surface area contributed by atoms with Gasteiger partial charge in [0.25, 0.3) is 0 Å². The fourth-order valence-corrected chi connectivity index (χ4v) is 1.12. The Hall–Kier alpha value is -0.550. The van der Waals surface area contributed by atoms with E-state index in [-0.39, 0.29) is 6.61 Å². The molecule has 0 amide bonds. The van der Waals surface area contributed by atoms with Crippen molar-refractivity contribution in [2.24, 2.45) is 0 Å². The molecule has 0 spiro atoms. The third-order valence-electron chi connectivity index (χ3n) is 1.37. The van der Waals surface area contributed by atoms with Crippen LogP contribution in [0.15, 0.2) is 6.20 Å². The molecule has 0 unspecified atom stereocenters. The SMILES string of the molecule is CSCCn1nncc1CO. The molecule has 11 heavy (non-hydrogen) atoms. The lowest BCUT2D eigenvalue weighted by Crippen LogP contribution is -2.06. The van der Waals surface area contributed by atoms with E-state index < -0.39 is 0 Å². The first-order chi connectivity index (χ1) is 5.38. The molecule has 0 bridgehead atoms. The van der Waals surface area contributed by atoms with Crippen molar-refractivity contribution in [1.82, 2.24) is 15.0 Å². The van der Waals surface area contributed by atoms with Crippen molar-refractivity contribution < 1.29 is 5.11 Å². The Kier molecular flexibility index (Phi) is 3.38. The molecule has 62 valence electrons. The van der Waals surface area contributed by atoms with E-state index in [0.717, 1.165) is 18.0 Å². The summed E-state index contributed by atoms with van der Waals surface area (Å²) < 4.78 is 1.72. The molecule has 0 aliphatic heterocycles. The van der Waals surface area contributed by atoms with Crippen molar-refractivity contribution in [3.05, 3.63) is 11.9 Å². The average Bonchev–Trinajstić information content (AvgIpc) is 2.47. The molecule has 1 aromatic heterocycles. The summed E-state index contributed by atoms with van der Waals surface area (Å²) in [4.78, 5) is 0. The molecule has 0 atom stereocenters. The van der Waals surface area contributed by atoms with Crippen LogP contribution >= 0.6 is 11.8 Å². The van der Waals surface area contributed by atoms with Gasteiger partial charge < -0.3 is 5.11 Å². The average molecular weight is 173 g/mol. The van der Waals surface area contributed by atoms with Gasteiger partial charge in [-0.3, -0.25) is 0 Å². The van der Waals surface area contributed by atoms with Crippen molar-refractivity contribution in [2.75, 3.05) is 12.0 Å². The van der Waals surface area contributed by atoms with Gasteiger partial charge in [0.05, 0.1) is 25.0 Å². The van der Waals surface area contributed by atoms with Crippen LogP contribution < -0.4 is 0 Å². The number of thioether (sulfide) groups is 1. The van der Waals surface area contributed by atoms with Gasteiger partial charge in [-0.1, -0.05) is 5.21 Å². The number of aliphatic hydroxyl groups is 1. The maximum Gasteiger partial charge on any atom is 0.0866 e. The molecule has 0 aliphatic rings. The molecule has 0 radical (unpaired) electrons. The van der Waals surface area contributed by atoms with E-state index in [2.05, 4.69) is 10.3 Å². The van der Waals surface area contributed by atoms with Crippen molar-refractivity contribution in [2.45, 2.75) is 13.2 Å². The zero-order valence-corrected chi connectivity index (χ0v) is 7.21. The van der Waals surface area contributed by atoms with Gasteiger partial charge in [-0.15, -0.1) is 5.10 Å². The quantitative estimate of drug-likeness (QED) is 0.703. The van der Waals surface area contributed by atoms with Crippen molar-refractivity contribution >= 4 is 11.8 Å². The Morgan fingerprint density at radius 1 is 1.73 bits per heavy atom. The Balaban J connectivity index is 2.54. The van der Waals surface area contributed by atoms with Crippen molar-refractivity contribution in [3.63, 3.8) is 0 Å². The molecular weight excluding hydrogens is 162 g/mol. The lowest BCUT2D eigenvalue weighted by Gasteiger charge is -2.00. The Labute approximate surface area is 69.6 Å². The van der Waals surface area contributed by atoms with Crippen LogP contribution in [0.2, 0.25) is 0 Å². The smallest absolute Gasteiger partial charge is 0.0866 e. The second kappa shape index (κ2) is 4.35. The largest absolute Gasteiger partial charge is 0.390 e. The van der Waals surface area contributed by atoms with Crippen LogP contribution in [0.25, 0.3) is 0 Å². The number of hydrogen-bond donors (Lipinski definition) is 1. The first kappa shape index (κ1) is 8.55. The Morgan fingerprint density at radius 2 is 2.55 bits per heavy atom. The number of aryl methyl sites for hydroxylation is 1. The highest BCUT2D eigenvalue weighted by Crippen LogP contribution is 1.98. The third kappa shape index (κ3) is 2.20. The van der Waals surface area contributed by atoms with E-state index in [4.69, 9.17) is 5.11 Å². The van der Waals surface area contributed by atoms with Crippen LogP contribution in [0.4, 0.5) is 0 Å². The summed E-state index contributed by atoms with van der Waals surface area (Å²) in [5, 5.41) is 16.3. The standard InChI is InChI=1S/C6H11N3OS/c1-11-3-2-9-6(5-10)4-7-8-9/h4,10H,2-3,5H2,1H3. The van der Waals surface area contributed by atoms with E-state index in [9.17, 15) is 0 Å². The summed E-state index contributed by atoms with van der Waals surface area (Å²) in [6, 6.07) is 0. The minimum atomic E-state index is 0.0153. The van der Waals surface area contributed by atoms with Gasteiger partial charge in [0.2, 0.25) is 0 Å². The van der Waals surface area contributed by atoms with E-state index in [1.165, 1.54) is 0 Å². The molecular formula is C6H11N3OS. The normalized spacial score (nSPS) is 10.4. The van der Waals surface area contributed by atoms with Crippen LogP contribution in [0.3, 0.4) is 0 Å². The van der Waals surface area contributed by atoms with Crippen LogP contribution in [0.1, 0.15) is 5.69 Å². The van der Waals surface area contributed by atoms with Crippen LogP contribution in [0, 0.1) is 0 Å². The van der Waals surface area contributed by atoms with Gasteiger partial charge >= 0.3 is 0 Å². The monoisotopic (exact) mass is 173 g/mol. The van der Waals surface area contributed by atoms with Gasteiger partial charge in [0.1, 0.15) is 0 Å². The first-order valence-corrected chi connectivity index (χ1v) is 4.75. The highest BCUT2D eigenvalue weighted by molar-refractivity contribution is 7.98. The van der Waals surface area contributed by atoms with Crippen LogP contribution in [0.5, 0.6) is 0 Å². The van der Waals surface area contributed by atoms with Gasteiger partial charge in [-0.25, -0.2) is 4.68 Å². The first-order valence-electron chi connectivity index (χ1n) is 3.35. The molecule has 0 aromatic carbocycles. The maximum absolute atomic E-state index is 8.80. The third-order valence-corrected chi connectivity index (χ3v) is 1.96. The second-order valence-corrected chi connectivity index (χ2v) is 3.09. The van der Waals surface area contributed by atoms with E-state index >= 15 is 0 Å². The fourth-order valence-electron chi connectivity index (χ4n) is 0.767.